The summed E-state index contributed by atoms with van der Waals surface area (Å²) < 4.78 is 0. The molecule has 0 radical (unpaired) electrons. The first-order valence-electron chi connectivity index (χ1n) is 7.64. The number of hydrogen-bond donors (Lipinski definition) is 2. The molecule has 5 atom stereocenters. The molecule has 3 N–H and O–H groups in total. The van der Waals surface area contributed by atoms with Gasteiger partial charge in [0.25, 0.3) is 0 Å². The molecule has 2 saturated carbocycles. The first-order chi connectivity index (χ1) is 8.58. The third-order valence-electron chi connectivity index (χ3n) is 4.99. The molecular weight excluding hydrogens is 224 g/mol. The van der Waals surface area contributed by atoms with E-state index in [0.717, 1.165) is 25.7 Å². The third kappa shape index (κ3) is 3.25. The van der Waals surface area contributed by atoms with Crippen LogP contribution in [0.15, 0.2) is 0 Å². The van der Waals surface area contributed by atoms with E-state index in [1.54, 1.807) is 0 Å². The van der Waals surface area contributed by atoms with Gasteiger partial charge in [-0.05, 0) is 43.9 Å². The molecule has 2 rings (SSSR count). The molecule has 3 nitrogen and oxygen atoms in total. The summed E-state index contributed by atoms with van der Waals surface area (Å²) in [5, 5.41) is 3.30. The van der Waals surface area contributed by atoms with Crippen molar-refractivity contribution in [3.8, 4) is 0 Å². The van der Waals surface area contributed by atoms with Crippen molar-refractivity contribution in [1.82, 2.24) is 5.32 Å². The van der Waals surface area contributed by atoms with E-state index in [-0.39, 0.29) is 11.8 Å². The Morgan fingerprint density at radius 2 is 1.78 bits per heavy atom. The minimum atomic E-state index is 0.193. The van der Waals surface area contributed by atoms with Crippen LogP contribution in [0.5, 0.6) is 0 Å². The average Bonchev–Trinajstić information content (AvgIpc) is 2.32. The number of hydrogen-bond acceptors (Lipinski definition) is 2. The molecule has 0 spiro atoms. The maximum atomic E-state index is 12.4. The molecule has 2 fully saturated rings. The maximum absolute atomic E-state index is 12.4. The highest BCUT2D eigenvalue weighted by Gasteiger charge is 2.33. The monoisotopic (exact) mass is 252 g/mol. The van der Waals surface area contributed by atoms with E-state index in [4.69, 9.17) is 5.73 Å². The van der Waals surface area contributed by atoms with Gasteiger partial charge in [-0.2, -0.15) is 0 Å². The fourth-order valence-corrected chi connectivity index (χ4v) is 3.65. The smallest absolute Gasteiger partial charge is 0.223 e. The van der Waals surface area contributed by atoms with Crippen LogP contribution in [0.4, 0.5) is 0 Å². The van der Waals surface area contributed by atoms with Gasteiger partial charge in [0, 0.05) is 18.0 Å². The normalized spacial score (nSPS) is 41.4. The molecule has 0 saturated heterocycles. The van der Waals surface area contributed by atoms with Crippen molar-refractivity contribution in [1.29, 1.82) is 0 Å². The molecule has 2 aliphatic carbocycles. The third-order valence-corrected chi connectivity index (χ3v) is 4.99. The van der Waals surface area contributed by atoms with Gasteiger partial charge in [-0.15, -0.1) is 0 Å². The van der Waals surface area contributed by atoms with Gasteiger partial charge >= 0.3 is 0 Å². The molecule has 0 bridgehead atoms. The number of nitrogens with one attached hydrogen (secondary N) is 1. The van der Waals surface area contributed by atoms with Gasteiger partial charge in [-0.3, -0.25) is 4.79 Å². The molecule has 0 aromatic heterocycles. The van der Waals surface area contributed by atoms with Gasteiger partial charge in [-0.1, -0.05) is 26.7 Å². The Morgan fingerprint density at radius 3 is 2.44 bits per heavy atom. The van der Waals surface area contributed by atoms with Crippen molar-refractivity contribution >= 4 is 5.91 Å². The zero-order valence-electron chi connectivity index (χ0n) is 11.8. The Hall–Kier alpha value is -0.570. The summed E-state index contributed by atoms with van der Waals surface area (Å²) in [6.07, 6.45) is 7.97. The average molecular weight is 252 g/mol. The molecule has 1 amide bonds. The van der Waals surface area contributed by atoms with E-state index in [1.807, 2.05) is 0 Å². The number of amides is 1. The molecule has 0 aliphatic heterocycles. The predicted molar refractivity (Wildman–Crippen MR) is 74.0 cm³/mol. The van der Waals surface area contributed by atoms with E-state index in [0.29, 0.717) is 23.9 Å². The quantitative estimate of drug-likeness (QED) is 0.793. The summed E-state index contributed by atoms with van der Waals surface area (Å²) in [5.41, 5.74) is 5.96. The Labute approximate surface area is 111 Å². The van der Waals surface area contributed by atoms with Crippen LogP contribution in [0.3, 0.4) is 0 Å². The van der Waals surface area contributed by atoms with Gasteiger partial charge in [0.15, 0.2) is 0 Å². The molecule has 104 valence electrons. The highest BCUT2D eigenvalue weighted by molar-refractivity contribution is 5.79. The van der Waals surface area contributed by atoms with Gasteiger partial charge in [0.2, 0.25) is 5.91 Å². The largest absolute Gasteiger partial charge is 0.353 e. The van der Waals surface area contributed by atoms with E-state index in [9.17, 15) is 4.79 Å². The van der Waals surface area contributed by atoms with Crippen molar-refractivity contribution in [2.75, 3.05) is 0 Å². The first-order valence-corrected chi connectivity index (χ1v) is 7.64. The summed E-state index contributed by atoms with van der Waals surface area (Å²) in [6.45, 7) is 4.44. The Morgan fingerprint density at radius 1 is 1.06 bits per heavy atom. The second kappa shape index (κ2) is 6.05. The topological polar surface area (TPSA) is 55.1 Å². The number of rotatable bonds is 2. The zero-order valence-corrected chi connectivity index (χ0v) is 11.8. The molecular formula is C15H28N2O. The van der Waals surface area contributed by atoms with Crippen molar-refractivity contribution < 1.29 is 4.79 Å². The number of nitrogens with two attached hydrogens (primary N) is 1. The van der Waals surface area contributed by atoms with Crippen molar-refractivity contribution in [2.45, 2.75) is 70.9 Å². The van der Waals surface area contributed by atoms with Crippen LogP contribution < -0.4 is 11.1 Å². The van der Waals surface area contributed by atoms with Crippen LogP contribution in [0.1, 0.15) is 58.8 Å². The summed E-state index contributed by atoms with van der Waals surface area (Å²) in [6, 6.07) is 0.715. The Kier molecular flexibility index (Phi) is 4.66. The minimum absolute atomic E-state index is 0.193. The number of carbonyl (C=O) groups is 1. The molecule has 3 heteroatoms. The van der Waals surface area contributed by atoms with Crippen LogP contribution in [0.2, 0.25) is 0 Å². The van der Waals surface area contributed by atoms with Gasteiger partial charge < -0.3 is 11.1 Å². The summed E-state index contributed by atoms with van der Waals surface area (Å²) in [7, 11) is 0. The molecule has 5 unspecified atom stereocenters. The molecule has 0 heterocycles. The molecule has 0 aromatic rings. The van der Waals surface area contributed by atoms with E-state index >= 15 is 0 Å². The Balaban J connectivity index is 1.87. The molecule has 2 aliphatic rings. The van der Waals surface area contributed by atoms with E-state index in [2.05, 4.69) is 19.2 Å². The SMILES string of the molecule is CC1CCCCC1NC(=O)C1CCC(N)CC1C. The van der Waals surface area contributed by atoms with Crippen LogP contribution in [0, 0.1) is 17.8 Å². The summed E-state index contributed by atoms with van der Waals surface area (Å²) >= 11 is 0. The van der Waals surface area contributed by atoms with Crippen LogP contribution in [-0.2, 0) is 4.79 Å². The Bertz CT molecular complexity index is 292. The number of carbonyl (C=O) groups excluding carboxylic acids is 1. The zero-order chi connectivity index (χ0) is 13.1. The first kappa shape index (κ1) is 13.9. The van der Waals surface area contributed by atoms with Crippen molar-refractivity contribution in [3.63, 3.8) is 0 Å². The van der Waals surface area contributed by atoms with Gasteiger partial charge in [0.05, 0.1) is 0 Å². The predicted octanol–water partition coefficient (Wildman–Crippen LogP) is 2.44. The fraction of sp³-hybridized carbons (Fsp3) is 0.933. The lowest BCUT2D eigenvalue weighted by molar-refractivity contribution is -0.129. The lowest BCUT2D eigenvalue weighted by Crippen LogP contribution is -2.47. The van der Waals surface area contributed by atoms with Crippen molar-refractivity contribution in [2.24, 2.45) is 23.5 Å². The molecule has 18 heavy (non-hydrogen) atoms. The fourth-order valence-electron chi connectivity index (χ4n) is 3.65. The van der Waals surface area contributed by atoms with Crippen LogP contribution >= 0.6 is 0 Å². The highest BCUT2D eigenvalue weighted by Crippen LogP contribution is 2.30. The molecule has 0 aromatic carbocycles. The van der Waals surface area contributed by atoms with Gasteiger partial charge in [0.1, 0.15) is 0 Å². The summed E-state index contributed by atoms with van der Waals surface area (Å²) in [5.74, 6) is 1.56. The minimum Gasteiger partial charge on any atom is -0.353 e. The van der Waals surface area contributed by atoms with E-state index in [1.165, 1.54) is 19.3 Å². The summed E-state index contributed by atoms with van der Waals surface area (Å²) in [4.78, 5) is 12.4. The lowest BCUT2D eigenvalue weighted by Gasteiger charge is -2.35. The van der Waals surface area contributed by atoms with Crippen LogP contribution in [0.25, 0.3) is 0 Å². The second-order valence-electron chi connectivity index (χ2n) is 6.53. The van der Waals surface area contributed by atoms with E-state index < -0.39 is 0 Å². The second-order valence-corrected chi connectivity index (χ2v) is 6.53. The van der Waals surface area contributed by atoms with Gasteiger partial charge in [-0.25, -0.2) is 0 Å². The lowest BCUT2D eigenvalue weighted by atomic mass is 9.77. The van der Waals surface area contributed by atoms with Crippen LogP contribution in [-0.4, -0.2) is 18.0 Å². The highest BCUT2D eigenvalue weighted by atomic mass is 16.2. The standard InChI is InChI=1S/C15H28N2O/c1-10-5-3-4-6-14(10)17-15(18)13-8-7-12(16)9-11(13)2/h10-14H,3-9,16H2,1-2H3,(H,17,18). The van der Waals surface area contributed by atoms with Crippen molar-refractivity contribution in [3.05, 3.63) is 0 Å². The maximum Gasteiger partial charge on any atom is 0.223 e.